The van der Waals surface area contributed by atoms with Crippen molar-refractivity contribution in [3.05, 3.63) is 29.8 Å². The van der Waals surface area contributed by atoms with Crippen LogP contribution in [0, 0.1) is 0 Å². The van der Waals surface area contributed by atoms with Crippen LogP contribution in [0.15, 0.2) is 29.2 Å². The maximum Gasteiger partial charge on any atom is 0.0205 e. The van der Waals surface area contributed by atoms with Gasteiger partial charge in [-0.05, 0) is 42.8 Å². The van der Waals surface area contributed by atoms with Crippen molar-refractivity contribution in [1.29, 1.82) is 0 Å². The first kappa shape index (κ1) is 13.6. The first-order valence-corrected chi connectivity index (χ1v) is 7.27. The van der Waals surface area contributed by atoms with Crippen LogP contribution in [-0.2, 0) is 6.54 Å². The zero-order valence-electron chi connectivity index (χ0n) is 10.5. The summed E-state index contributed by atoms with van der Waals surface area (Å²) in [6.45, 7) is 6.53. The van der Waals surface area contributed by atoms with E-state index in [4.69, 9.17) is 0 Å². The molecular formula is C14H23NS. The molecule has 90 valence electrons. The Balaban J connectivity index is 2.30. The molecule has 1 aromatic carbocycles. The lowest BCUT2D eigenvalue weighted by Crippen LogP contribution is -2.13. The van der Waals surface area contributed by atoms with Crippen molar-refractivity contribution in [2.24, 2.45) is 0 Å². The van der Waals surface area contributed by atoms with Crippen LogP contribution in [0.25, 0.3) is 0 Å². The summed E-state index contributed by atoms with van der Waals surface area (Å²) in [5, 5.41) is 3.42. The third-order valence-corrected chi connectivity index (χ3v) is 3.54. The second kappa shape index (κ2) is 8.66. The van der Waals surface area contributed by atoms with Gasteiger partial charge in [0.15, 0.2) is 0 Å². The van der Waals surface area contributed by atoms with Crippen molar-refractivity contribution in [3.63, 3.8) is 0 Å². The zero-order valence-corrected chi connectivity index (χ0v) is 11.3. The predicted molar refractivity (Wildman–Crippen MR) is 74.1 cm³/mol. The SMILES string of the molecule is CCCCSc1ccc(CNCCC)cc1. The molecular weight excluding hydrogens is 214 g/mol. The van der Waals surface area contributed by atoms with E-state index >= 15 is 0 Å². The van der Waals surface area contributed by atoms with Crippen molar-refractivity contribution < 1.29 is 0 Å². The van der Waals surface area contributed by atoms with E-state index in [2.05, 4.69) is 43.4 Å². The van der Waals surface area contributed by atoms with E-state index < -0.39 is 0 Å². The molecule has 0 atom stereocenters. The number of unbranched alkanes of at least 4 members (excludes halogenated alkanes) is 1. The molecule has 0 fully saturated rings. The molecule has 0 radical (unpaired) electrons. The molecule has 1 aromatic rings. The molecule has 0 heterocycles. The Bertz CT molecular complexity index is 240. The van der Waals surface area contributed by atoms with Crippen molar-refractivity contribution >= 4 is 11.8 Å². The van der Waals surface area contributed by atoms with Crippen LogP contribution in [0.4, 0.5) is 0 Å². The minimum absolute atomic E-state index is 0.994. The van der Waals surface area contributed by atoms with Gasteiger partial charge in [-0.1, -0.05) is 32.4 Å². The molecule has 0 aromatic heterocycles. The molecule has 16 heavy (non-hydrogen) atoms. The molecule has 0 saturated carbocycles. The van der Waals surface area contributed by atoms with Crippen LogP contribution in [0.1, 0.15) is 38.7 Å². The highest BCUT2D eigenvalue weighted by Crippen LogP contribution is 2.19. The molecule has 0 aliphatic heterocycles. The molecule has 1 rings (SSSR count). The fourth-order valence-corrected chi connectivity index (χ4v) is 2.44. The second-order valence-electron chi connectivity index (χ2n) is 4.02. The quantitative estimate of drug-likeness (QED) is 0.540. The number of thioether (sulfide) groups is 1. The van der Waals surface area contributed by atoms with E-state index in [1.807, 2.05) is 11.8 Å². The normalized spacial score (nSPS) is 10.6. The molecule has 0 aliphatic carbocycles. The van der Waals surface area contributed by atoms with Gasteiger partial charge in [-0.3, -0.25) is 0 Å². The Hall–Kier alpha value is -0.470. The summed E-state index contributed by atoms with van der Waals surface area (Å²) in [5.41, 5.74) is 1.38. The van der Waals surface area contributed by atoms with Crippen molar-refractivity contribution in [2.45, 2.75) is 44.6 Å². The van der Waals surface area contributed by atoms with Crippen LogP contribution in [0.3, 0.4) is 0 Å². The van der Waals surface area contributed by atoms with Gasteiger partial charge >= 0.3 is 0 Å². The Morgan fingerprint density at radius 3 is 2.44 bits per heavy atom. The summed E-state index contributed by atoms with van der Waals surface area (Å²) >= 11 is 1.96. The predicted octanol–water partition coefficient (Wildman–Crippen LogP) is 4.08. The highest BCUT2D eigenvalue weighted by Gasteiger charge is 1.95. The van der Waals surface area contributed by atoms with E-state index in [1.54, 1.807) is 0 Å². The lowest BCUT2D eigenvalue weighted by Gasteiger charge is -2.05. The third kappa shape index (κ3) is 5.57. The smallest absolute Gasteiger partial charge is 0.0205 e. The van der Waals surface area contributed by atoms with E-state index in [9.17, 15) is 0 Å². The van der Waals surface area contributed by atoms with Gasteiger partial charge in [0.05, 0.1) is 0 Å². The van der Waals surface area contributed by atoms with Crippen molar-refractivity contribution in [1.82, 2.24) is 5.32 Å². The van der Waals surface area contributed by atoms with E-state index in [0.29, 0.717) is 0 Å². The van der Waals surface area contributed by atoms with Gasteiger partial charge in [0.25, 0.3) is 0 Å². The maximum absolute atomic E-state index is 3.42. The zero-order chi connectivity index (χ0) is 11.6. The minimum Gasteiger partial charge on any atom is -0.313 e. The fourth-order valence-electron chi connectivity index (χ4n) is 1.45. The number of rotatable bonds is 8. The van der Waals surface area contributed by atoms with Gasteiger partial charge in [-0.2, -0.15) is 0 Å². The molecule has 1 N–H and O–H groups in total. The van der Waals surface area contributed by atoms with Gasteiger partial charge in [0, 0.05) is 11.4 Å². The van der Waals surface area contributed by atoms with Crippen LogP contribution >= 0.6 is 11.8 Å². The monoisotopic (exact) mass is 237 g/mol. The Morgan fingerprint density at radius 1 is 1.06 bits per heavy atom. The molecule has 0 spiro atoms. The third-order valence-electron chi connectivity index (χ3n) is 2.45. The summed E-state index contributed by atoms with van der Waals surface area (Å²) in [5.74, 6) is 1.24. The molecule has 0 aliphatic rings. The van der Waals surface area contributed by atoms with E-state index in [1.165, 1.54) is 35.5 Å². The average Bonchev–Trinajstić information content (AvgIpc) is 2.32. The lowest BCUT2D eigenvalue weighted by molar-refractivity contribution is 0.675. The van der Waals surface area contributed by atoms with Gasteiger partial charge in [-0.25, -0.2) is 0 Å². The van der Waals surface area contributed by atoms with E-state index in [0.717, 1.165) is 13.1 Å². The van der Waals surface area contributed by atoms with E-state index in [-0.39, 0.29) is 0 Å². The van der Waals surface area contributed by atoms with Crippen molar-refractivity contribution in [3.8, 4) is 0 Å². The average molecular weight is 237 g/mol. The van der Waals surface area contributed by atoms with Crippen LogP contribution in [0.5, 0.6) is 0 Å². The number of hydrogen-bond donors (Lipinski definition) is 1. The fraction of sp³-hybridized carbons (Fsp3) is 0.571. The summed E-state index contributed by atoms with van der Waals surface area (Å²) in [4.78, 5) is 1.40. The highest BCUT2D eigenvalue weighted by atomic mass is 32.2. The maximum atomic E-state index is 3.42. The first-order chi connectivity index (χ1) is 7.86. The Morgan fingerprint density at radius 2 is 1.81 bits per heavy atom. The summed E-state index contributed by atoms with van der Waals surface area (Å²) < 4.78 is 0. The molecule has 0 saturated heterocycles. The number of hydrogen-bond acceptors (Lipinski definition) is 2. The minimum atomic E-state index is 0.994. The standard InChI is InChI=1S/C14H23NS/c1-3-5-11-16-14-8-6-13(7-9-14)12-15-10-4-2/h6-9,15H,3-5,10-12H2,1-2H3. The van der Waals surface area contributed by atoms with Crippen LogP contribution in [0.2, 0.25) is 0 Å². The van der Waals surface area contributed by atoms with Gasteiger partial charge in [-0.15, -0.1) is 11.8 Å². The largest absolute Gasteiger partial charge is 0.313 e. The molecule has 0 unspecified atom stereocenters. The molecule has 0 bridgehead atoms. The first-order valence-electron chi connectivity index (χ1n) is 6.29. The summed E-state index contributed by atoms with van der Waals surface area (Å²) in [6, 6.07) is 8.94. The van der Waals surface area contributed by atoms with Crippen LogP contribution in [-0.4, -0.2) is 12.3 Å². The van der Waals surface area contributed by atoms with Crippen molar-refractivity contribution in [2.75, 3.05) is 12.3 Å². The molecule has 2 heteroatoms. The number of benzene rings is 1. The summed E-state index contributed by atoms with van der Waals surface area (Å²) in [7, 11) is 0. The van der Waals surface area contributed by atoms with Gasteiger partial charge in [0.2, 0.25) is 0 Å². The number of nitrogens with one attached hydrogen (secondary N) is 1. The van der Waals surface area contributed by atoms with Gasteiger partial charge in [0.1, 0.15) is 0 Å². The van der Waals surface area contributed by atoms with Crippen LogP contribution < -0.4 is 5.32 Å². The highest BCUT2D eigenvalue weighted by molar-refractivity contribution is 7.99. The molecule has 1 nitrogen and oxygen atoms in total. The second-order valence-corrected chi connectivity index (χ2v) is 5.19. The van der Waals surface area contributed by atoms with Gasteiger partial charge < -0.3 is 5.32 Å². The Labute approximate surface area is 104 Å². The lowest BCUT2D eigenvalue weighted by atomic mass is 10.2. The Kier molecular flexibility index (Phi) is 7.35. The summed E-state index contributed by atoms with van der Waals surface area (Å²) in [6.07, 6.45) is 3.79. The topological polar surface area (TPSA) is 12.0 Å². The molecule has 0 amide bonds.